The highest BCUT2D eigenvalue weighted by Gasteiger charge is 1.98. The fourth-order valence-corrected chi connectivity index (χ4v) is 1.95. The average molecular weight is 275 g/mol. The molecule has 1 amide bonds. The lowest BCUT2D eigenvalue weighted by molar-refractivity contribution is -0.118. The first-order valence-corrected chi connectivity index (χ1v) is 5.99. The van der Waals surface area contributed by atoms with Gasteiger partial charge in [-0.1, -0.05) is 28.1 Å². The molecule has 1 aromatic rings. The number of hydrogen-bond donors (Lipinski definition) is 2. The van der Waals surface area contributed by atoms with Crippen LogP contribution in [0.25, 0.3) is 0 Å². The van der Waals surface area contributed by atoms with Crippen LogP contribution in [0, 0.1) is 0 Å². The van der Waals surface area contributed by atoms with Crippen LogP contribution in [0.2, 0.25) is 0 Å². The van der Waals surface area contributed by atoms with Gasteiger partial charge in [-0.25, -0.2) is 5.84 Å². The third-order valence-corrected chi connectivity index (χ3v) is 3.11. The third kappa shape index (κ3) is 4.13. The summed E-state index contributed by atoms with van der Waals surface area (Å²) in [6, 6.07) is 8.02. The number of halogens is 1. The van der Waals surface area contributed by atoms with E-state index >= 15 is 0 Å². The van der Waals surface area contributed by atoms with Crippen LogP contribution < -0.4 is 11.3 Å². The lowest BCUT2D eigenvalue weighted by atomic mass is 10.2. The first-order valence-electron chi connectivity index (χ1n) is 4.04. The van der Waals surface area contributed by atoms with Gasteiger partial charge in [-0.2, -0.15) is 0 Å². The predicted octanol–water partition coefficient (Wildman–Crippen LogP) is 1.67. The molecule has 0 spiro atoms. The molecule has 1 rings (SSSR count). The molecule has 0 aliphatic carbocycles. The summed E-state index contributed by atoms with van der Waals surface area (Å²) in [4.78, 5) is 10.8. The van der Waals surface area contributed by atoms with Crippen molar-refractivity contribution in [3.63, 3.8) is 0 Å². The van der Waals surface area contributed by atoms with Crippen LogP contribution in [0.15, 0.2) is 28.7 Å². The summed E-state index contributed by atoms with van der Waals surface area (Å²) in [7, 11) is 0. The largest absolute Gasteiger partial charge is 0.294 e. The highest BCUT2D eigenvalue weighted by molar-refractivity contribution is 9.10. The SMILES string of the molecule is NNC(=O)CSCc1ccc(Br)cc1. The Labute approximate surface area is 95.5 Å². The number of benzene rings is 1. The summed E-state index contributed by atoms with van der Waals surface area (Å²) in [6.45, 7) is 0. The predicted molar refractivity (Wildman–Crippen MR) is 62.6 cm³/mol. The molecule has 3 nitrogen and oxygen atoms in total. The fourth-order valence-electron chi connectivity index (χ4n) is 0.884. The van der Waals surface area contributed by atoms with Crippen molar-refractivity contribution in [3.05, 3.63) is 34.3 Å². The molecule has 0 unspecified atom stereocenters. The van der Waals surface area contributed by atoms with E-state index < -0.39 is 0 Å². The smallest absolute Gasteiger partial charge is 0.243 e. The van der Waals surface area contributed by atoms with Crippen molar-refractivity contribution in [1.82, 2.24) is 5.43 Å². The van der Waals surface area contributed by atoms with E-state index in [0.29, 0.717) is 5.75 Å². The van der Waals surface area contributed by atoms with E-state index in [1.807, 2.05) is 24.3 Å². The minimum Gasteiger partial charge on any atom is -0.294 e. The number of amides is 1. The van der Waals surface area contributed by atoms with Gasteiger partial charge in [0.25, 0.3) is 0 Å². The molecule has 0 saturated heterocycles. The molecule has 0 radical (unpaired) electrons. The van der Waals surface area contributed by atoms with E-state index in [1.54, 1.807) is 0 Å². The maximum atomic E-state index is 10.8. The zero-order valence-corrected chi connectivity index (χ0v) is 9.90. The number of nitrogens with one attached hydrogen (secondary N) is 1. The Morgan fingerprint density at radius 3 is 2.64 bits per heavy atom. The van der Waals surface area contributed by atoms with E-state index in [1.165, 1.54) is 17.3 Å². The van der Waals surface area contributed by atoms with Crippen LogP contribution >= 0.6 is 27.7 Å². The van der Waals surface area contributed by atoms with E-state index in [4.69, 9.17) is 5.84 Å². The molecule has 0 aromatic heterocycles. The van der Waals surface area contributed by atoms with Gasteiger partial charge in [0.05, 0.1) is 5.75 Å². The number of nitrogens with two attached hydrogens (primary N) is 1. The third-order valence-electron chi connectivity index (χ3n) is 1.58. The second-order valence-corrected chi connectivity index (χ2v) is 4.59. The summed E-state index contributed by atoms with van der Waals surface area (Å²) in [6.07, 6.45) is 0. The quantitative estimate of drug-likeness (QED) is 0.499. The van der Waals surface area contributed by atoms with Crippen molar-refractivity contribution < 1.29 is 4.79 Å². The Morgan fingerprint density at radius 1 is 1.43 bits per heavy atom. The maximum Gasteiger partial charge on any atom is 0.243 e. The number of carbonyl (C=O) groups excluding carboxylic acids is 1. The van der Waals surface area contributed by atoms with E-state index in [9.17, 15) is 4.79 Å². The molecule has 1 aromatic carbocycles. The summed E-state index contributed by atoms with van der Waals surface area (Å²) in [5.74, 6) is 6.02. The standard InChI is InChI=1S/C9H11BrN2OS/c10-8-3-1-7(2-4-8)5-14-6-9(13)12-11/h1-4H,5-6,11H2,(H,12,13). The Morgan fingerprint density at radius 2 is 2.07 bits per heavy atom. The Hall–Kier alpha value is -0.520. The molecular formula is C9H11BrN2OS. The van der Waals surface area contributed by atoms with Crippen molar-refractivity contribution in [2.75, 3.05) is 5.75 Å². The first kappa shape index (κ1) is 11.6. The van der Waals surface area contributed by atoms with Gasteiger partial charge >= 0.3 is 0 Å². The number of thioether (sulfide) groups is 1. The highest BCUT2D eigenvalue weighted by atomic mass is 79.9. The lowest BCUT2D eigenvalue weighted by Gasteiger charge is -2.01. The van der Waals surface area contributed by atoms with Crippen molar-refractivity contribution in [2.24, 2.45) is 5.84 Å². The number of carbonyl (C=O) groups is 1. The van der Waals surface area contributed by atoms with Gasteiger partial charge in [-0.3, -0.25) is 10.2 Å². The Bertz CT molecular complexity index is 302. The van der Waals surface area contributed by atoms with Gasteiger partial charge < -0.3 is 0 Å². The Kier molecular flexibility index (Phi) is 5.00. The van der Waals surface area contributed by atoms with Gasteiger partial charge in [-0.15, -0.1) is 11.8 Å². The lowest BCUT2D eigenvalue weighted by Crippen LogP contribution is -2.31. The van der Waals surface area contributed by atoms with Crippen LogP contribution in [0.4, 0.5) is 0 Å². The molecule has 0 fully saturated rings. The molecule has 3 N–H and O–H groups in total. The molecule has 0 heterocycles. The van der Waals surface area contributed by atoms with Crippen LogP contribution in [-0.4, -0.2) is 11.7 Å². The minimum atomic E-state index is -0.146. The van der Waals surface area contributed by atoms with Crippen LogP contribution in [0.3, 0.4) is 0 Å². The normalized spacial score (nSPS) is 9.86. The van der Waals surface area contributed by atoms with E-state index in [-0.39, 0.29) is 5.91 Å². The average Bonchev–Trinajstić information content (AvgIpc) is 2.21. The highest BCUT2D eigenvalue weighted by Crippen LogP contribution is 2.15. The molecule has 0 bridgehead atoms. The van der Waals surface area contributed by atoms with Gasteiger partial charge in [-0.05, 0) is 17.7 Å². The summed E-state index contributed by atoms with van der Waals surface area (Å²) in [5, 5.41) is 0. The maximum absolute atomic E-state index is 10.8. The van der Waals surface area contributed by atoms with Crippen molar-refractivity contribution in [1.29, 1.82) is 0 Å². The van der Waals surface area contributed by atoms with Crippen molar-refractivity contribution >= 4 is 33.6 Å². The van der Waals surface area contributed by atoms with Gasteiger partial charge in [0.15, 0.2) is 0 Å². The van der Waals surface area contributed by atoms with Crippen LogP contribution in [0.5, 0.6) is 0 Å². The zero-order valence-electron chi connectivity index (χ0n) is 7.50. The van der Waals surface area contributed by atoms with Crippen LogP contribution in [0.1, 0.15) is 5.56 Å². The molecule has 0 aliphatic rings. The molecule has 0 saturated carbocycles. The van der Waals surface area contributed by atoms with Crippen molar-refractivity contribution in [3.8, 4) is 0 Å². The Balaban J connectivity index is 2.31. The van der Waals surface area contributed by atoms with Crippen molar-refractivity contribution in [2.45, 2.75) is 5.75 Å². The molecule has 76 valence electrons. The summed E-state index contributed by atoms with van der Waals surface area (Å²) < 4.78 is 1.06. The second-order valence-electron chi connectivity index (χ2n) is 2.69. The number of rotatable bonds is 4. The second kappa shape index (κ2) is 6.06. The van der Waals surface area contributed by atoms with Gasteiger partial charge in [0.2, 0.25) is 5.91 Å². The van der Waals surface area contributed by atoms with E-state index in [2.05, 4.69) is 21.4 Å². The number of hydrogen-bond acceptors (Lipinski definition) is 3. The molecule has 0 atom stereocenters. The molecular weight excluding hydrogens is 264 g/mol. The first-order chi connectivity index (χ1) is 6.72. The van der Waals surface area contributed by atoms with Gasteiger partial charge in [0.1, 0.15) is 0 Å². The topological polar surface area (TPSA) is 55.1 Å². The van der Waals surface area contributed by atoms with Gasteiger partial charge in [0, 0.05) is 10.2 Å². The monoisotopic (exact) mass is 274 g/mol. The van der Waals surface area contributed by atoms with Crippen LogP contribution in [-0.2, 0) is 10.5 Å². The fraction of sp³-hybridized carbons (Fsp3) is 0.222. The molecule has 0 aliphatic heterocycles. The number of hydrazine groups is 1. The zero-order chi connectivity index (χ0) is 10.4. The minimum absolute atomic E-state index is 0.146. The summed E-state index contributed by atoms with van der Waals surface area (Å²) >= 11 is 4.90. The molecule has 5 heteroatoms. The van der Waals surface area contributed by atoms with E-state index in [0.717, 1.165) is 10.2 Å². The summed E-state index contributed by atoms with van der Waals surface area (Å²) in [5.41, 5.74) is 3.29. The molecule has 14 heavy (non-hydrogen) atoms.